The largest absolute Gasteiger partial charge is 0.449 e. The fraction of sp³-hybridized carbons (Fsp3) is 0.516. The Bertz CT molecular complexity index is 1220. The second-order valence-electron chi connectivity index (χ2n) is 11.9. The molecule has 0 radical (unpaired) electrons. The summed E-state index contributed by atoms with van der Waals surface area (Å²) < 4.78 is 5.87. The van der Waals surface area contributed by atoms with Crippen LogP contribution in [0.5, 0.6) is 0 Å². The van der Waals surface area contributed by atoms with Crippen LogP contribution >= 0.6 is 0 Å². The van der Waals surface area contributed by atoms with Crippen LogP contribution in [0.3, 0.4) is 0 Å². The number of likely N-dealkylation sites (tertiary alicyclic amines) is 2. The molecule has 0 bridgehead atoms. The number of nitrogens with zero attached hydrogens (tertiary/aromatic N) is 2. The van der Waals surface area contributed by atoms with E-state index in [1.54, 1.807) is 0 Å². The van der Waals surface area contributed by atoms with Crippen LogP contribution in [0.4, 0.5) is 0 Å². The fourth-order valence-corrected chi connectivity index (χ4v) is 6.67. The second kappa shape index (κ2) is 9.00. The Morgan fingerprint density at radius 2 is 1.65 bits per heavy atom. The summed E-state index contributed by atoms with van der Waals surface area (Å²) in [5.41, 5.74) is 2.80. The van der Waals surface area contributed by atoms with E-state index < -0.39 is 11.0 Å². The maximum Gasteiger partial charge on any atom is 0.339 e. The summed E-state index contributed by atoms with van der Waals surface area (Å²) in [4.78, 5) is 42.6. The van der Waals surface area contributed by atoms with Gasteiger partial charge in [0.1, 0.15) is 0 Å². The molecule has 6 heteroatoms. The number of fused-ring (bicyclic) bond motifs is 2. The lowest BCUT2D eigenvalue weighted by Gasteiger charge is -2.33. The SMILES string of the molecule is CC(C)CC(=O)N1CCC(c2ccc(C3(C(=O)N4CC[C@@]5(C4)OC(=O)c4ccccc45)CC3)cc2)CC1. The third kappa shape index (κ3) is 4.14. The van der Waals surface area contributed by atoms with E-state index in [0.717, 1.165) is 49.9 Å². The molecule has 0 aromatic heterocycles. The molecule has 6 rings (SSSR count). The van der Waals surface area contributed by atoms with Crippen molar-refractivity contribution in [3.8, 4) is 0 Å². The molecular formula is C31H36N2O4. The third-order valence-electron chi connectivity index (χ3n) is 8.97. The average Bonchev–Trinajstić information content (AvgIpc) is 3.54. The highest BCUT2D eigenvalue weighted by atomic mass is 16.6. The first-order valence-corrected chi connectivity index (χ1v) is 13.8. The van der Waals surface area contributed by atoms with Gasteiger partial charge < -0.3 is 14.5 Å². The molecule has 3 heterocycles. The van der Waals surface area contributed by atoms with Gasteiger partial charge in [-0.15, -0.1) is 0 Å². The van der Waals surface area contributed by atoms with Crippen LogP contribution in [0.15, 0.2) is 48.5 Å². The minimum absolute atomic E-state index is 0.162. The quantitative estimate of drug-likeness (QED) is 0.555. The van der Waals surface area contributed by atoms with Crippen LogP contribution in [-0.4, -0.2) is 53.8 Å². The van der Waals surface area contributed by atoms with Gasteiger partial charge in [-0.2, -0.15) is 0 Å². The van der Waals surface area contributed by atoms with Gasteiger partial charge in [-0.3, -0.25) is 9.59 Å². The van der Waals surface area contributed by atoms with Crippen molar-refractivity contribution < 1.29 is 19.1 Å². The van der Waals surface area contributed by atoms with E-state index in [4.69, 9.17) is 4.74 Å². The smallest absolute Gasteiger partial charge is 0.339 e. The molecule has 6 nitrogen and oxygen atoms in total. The van der Waals surface area contributed by atoms with E-state index in [2.05, 4.69) is 38.1 Å². The Morgan fingerprint density at radius 3 is 2.32 bits per heavy atom. The van der Waals surface area contributed by atoms with Crippen LogP contribution in [0.2, 0.25) is 0 Å². The van der Waals surface area contributed by atoms with E-state index in [0.29, 0.717) is 43.3 Å². The van der Waals surface area contributed by atoms with Crippen LogP contribution in [-0.2, 0) is 25.3 Å². The maximum absolute atomic E-state index is 13.8. The Labute approximate surface area is 219 Å². The van der Waals surface area contributed by atoms with Gasteiger partial charge in [0, 0.05) is 38.0 Å². The van der Waals surface area contributed by atoms with Crippen molar-refractivity contribution in [2.75, 3.05) is 26.2 Å². The number of piperidine rings is 1. The number of ether oxygens (including phenoxy) is 1. The van der Waals surface area contributed by atoms with Crippen molar-refractivity contribution in [1.82, 2.24) is 9.80 Å². The number of rotatable bonds is 5. The van der Waals surface area contributed by atoms with E-state index >= 15 is 0 Å². The number of carbonyl (C=O) groups is 3. The Balaban J connectivity index is 1.11. The van der Waals surface area contributed by atoms with Crippen molar-refractivity contribution in [1.29, 1.82) is 0 Å². The Morgan fingerprint density at radius 1 is 0.946 bits per heavy atom. The molecule has 1 aliphatic carbocycles. The molecule has 3 fully saturated rings. The van der Waals surface area contributed by atoms with Crippen molar-refractivity contribution in [2.45, 2.75) is 69.3 Å². The fourth-order valence-electron chi connectivity index (χ4n) is 6.67. The van der Waals surface area contributed by atoms with Gasteiger partial charge in [-0.25, -0.2) is 4.79 Å². The average molecular weight is 501 g/mol. The zero-order chi connectivity index (χ0) is 25.8. The van der Waals surface area contributed by atoms with Crippen molar-refractivity contribution >= 4 is 17.8 Å². The number of esters is 1. The number of hydrogen-bond donors (Lipinski definition) is 0. The van der Waals surface area contributed by atoms with Crippen LogP contribution in [0, 0.1) is 5.92 Å². The van der Waals surface area contributed by atoms with Gasteiger partial charge in [0.2, 0.25) is 11.8 Å². The minimum Gasteiger partial charge on any atom is -0.449 e. The summed E-state index contributed by atoms with van der Waals surface area (Å²) >= 11 is 0. The van der Waals surface area contributed by atoms with Gasteiger partial charge in [0.25, 0.3) is 0 Å². The summed E-state index contributed by atoms with van der Waals surface area (Å²) in [7, 11) is 0. The molecule has 0 N–H and O–H groups in total. The van der Waals surface area contributed by atoms with E-state index in [1.807, 2.05) is 34.1 Å². The molecular weight excluding hydrogens is 464 g/mol. The molecule has 4 aliphatic rings. The Kier molecular flexibility index (Phi) is 5.89. The zero-order valence-corrected chi connectivity index (χ0v) is 21.9. The minimum atomic E-state index is -0.700. The highest BCUT2D eigenvalue weighted by Crippen LogP contribution is 2.52. The topological polar surface area (TPSA) is 66.9 Å². The van der Waals surface area contributed by atoms with Gasteiger partial charge in [-0.05, 0) is 54.7 Å². The summed E-state index contributed by atoms with van der Waals surface area (Å²) in [5, 5.41) is 0. The molecule has 2 aromatic rings. The van der Waals surface area contributed by atoms with Crippen molar-refractivity contribution in [2.24, 2.45) is 5.92 Å². The van der Waals surface area contributed by atoms with Crippen LogP contribution in [0.25, 0.3) is 0 Å². The van der Waals surface area contributed by atoms with Gasteiger partial charge in [-0.1, -0.05) is 56.3 Å². The second-order valence-corrected chi connectivity index (χ2v) is 11.9. The molecule has 1 spiro atoms. The number of hydrogen-bond acceptors (Lipinski definition) is 4. The van der Waals surface area contributed by atoms with Crippen LogP contribution < -0.4 is 0 Å². The zero-order valence-electron chi connectivity index (χ0n) is 21.9. The number of benzene rings is 2. The third-order valence-corrected chi connectivity index (χ3v) is 8.97. The Hall–Kier alpha value is -3.15. The lowest BCUT2D eigenvalue weighted by atomic mass is 9.86. The molecule has 1 saturated carbocycles. The monoisotopic (exact) mass is 500 g/mol. The van der Waals surface area contributed by atoms with Crippen molar-refractivity contribution in [3.05, 3.63) is 70.8 Å². The summed E-state index contributed by atoms with van der Waals surface area (Å²) in [6.07, 6.45) is 4.98. The summed E-state index contributed by atoms with van der Waals surface area (Å²) in [6.45, 7) is 6.87. The van der Waals surface area contributed by atoms with Gasteiger partial charge >= 0.3 is 5.97 Å². The van der Waals surface area contributed by atoms with Crippen molar-refractivity contribution in [3.63, 3.8) is 0 Å². The number of amides is 2. The highest BCUT2D eigenvalue weighted by Gasteiger charge is 2.57. The first-order chi connectivity index (χ1) is 17.8. The lowest BCUT2D eigenvalue weighted by Crippen LogP contribution is -2.40. The molecule has 2 amide bonds. The molecule has 3 aliphatic heterocycles. The standard InChI is InChI=1S/C31H36N2O4/c1-21(2)19-27(34)32-16-11-23(12-17-32)22-7-9-24(10-8-22)30(13-14-30)29(36)33-18-15-31(20-33)26-6-4-3-5-25(26)28(35)37-31/h3-10,21,23H,11-20H2,1-2H3/t31-/m0/s1. The normalized spacial score (nSPS) is 24.5. The molecule has 2 saturated heterocycles. The van der Waals surface area contributed by atoms with E-state index in [9.17, 15) is 14.4 Å². The number of carbonyl (C=O) groups excluding carboxylic acids is 3. The maximum atomic E-state index is 13.8. The lowest BCUT2D eigenvalue weighted by molar-refractivity contribution is -0.134. The van der Waals surface area contributed by atoms with Gasteiger partial charge in [0.05, 0.1) is 17.5 Å². The first-order valence-electron chi connectivity index (χ1n) is 13.8. The summed E-state index contributed by atoms with van der Waals surface area (Å²) in [6, 6.07) is 16.2. The molecule has 194 valence electrons. The van der Waals surface area contributed by atoms with E-state index in [1.165, 1.54) is 5.56 Å². The van der Waals surface area contributed by atoms with E-state index in [-0.39, 0.29) is 17.8 Å². The highest BCUT2D eigenvalue weighted by molar-refractivity contribution is 5.96. The van der Waals surface area contributed by atoms with Crippen LogP contribution in [0.1, 0.15) is 85.3 Å². The molecule has 0 unspecified atom stereocenters. The predicted octanol–water partition coefficient (Wildman–Crippen LogP) is 4.77. The first kappa shape index (κ1) is 24.2. The molecule has 37 heavy (non-hydrogen) atoms. The summed E-state index contributed by atoms with van der Waals surface area (Å²) in [5.74, 6) is 1.01. The molecule has 1 atom stereocenters. The predicted molar refractivity (Wildman–Crippen MR) is 140 cm³/mol. The van der Waals surface area contributed by atoms with Gasteiger partial charge in [0.15, 0.2) is 5.60 Å². The molecule has 2 aromatic carbocycles.